The molecule has 0 saturated heterocycles. The molecular formula is C15H26Si. The van der Waals surface area contributed by atoms with Crippen molar-refractivity contribution in [1.82, 2.24) is 0 Å². The molecule has 3 fully saturated rings. The van der Waals surface area contributed by atoms with E-state index >= 15 is 0 Å². The molecule has 3 saturated carbocycles. The van der Waals surface area contributed by atoms with E-state index in [1.807, 2.05) is 6.92 Å². The summed E-state index contributed by atoms with van der Waals surface area (Å²) in [6.45, 7) is 11.9. The fourth-order valence-corrected chi connectivity index (χ4v) is 6.83. The highest BCUT2D eigenvalue weighted by Gasteiger charge is 2.54. The summed E-state index contributed by atoms with van der Waals surface area (Å²) in [6.07, 6.45) is 4.49. The van der Waals surface area contributed by atoms with Gasteiger partial charge in [0, 0.05) is 0 Å². The summed E-state index contributed by atoms with van der Waals surface area (Å²) in [6, 6.07) is 1.44. The molecule has 1 heteroatoms. The molecule has 3 aliphatic rings. The molecule has 0 amide bonds. The Bertz CT molecular complexity index is 327. The fourth-order valence-electron chi connectivity index (χ4n) is 4.25. The number of rotatable bonds is 2. The molecular weight excluding hydrogens is 208 g/mol. The van der Waals surface area contributed by atoms with Crippen LogP contribution in [0.15, 0.2) is 0 Å². The van der Waals surface area contributed by atoms with Crippen molar-refractivity contribution in [3.8, 4) is 11.5 Å². The molecule has 0 radical (unpaired) electrons. The molecule has 0 spiro atoms. The van der Waals surface area contributed by atoms with E-state index in [4.69, 9.17) is 0 Å². The van der Waals surface area contributed by atoms with Gasteiger partial charge in [-0.05, 0) is 49.0 Å². The lowest BCUT2D eigenvalue weighted by atomic mass is 9.46. The molecule has 1 unspecified atom stereocenters. The molecule has 2 bridgehead atoms. The van der Waals surface area contributed by atoms with Crippen molar-refractivity contribution in [3.63, 3.8) is 0 Å². The third kappa shape index (κ3) is 1.97. The molecule has 0 N–H and O–H groups in total. The zero-order chi connectivity index (χ0) is 12.0. The normalized spacial score (nSPS) is 35.9. The second kappa shape index (κ2) is 3.91. The van der Waals surface area contributed by atoms with Crippen molar-refractivity contribution in [2.45, 2.75) is 59.2 Å². The van der Waals surface area contributed by atoms with Crippen LogP contribution in [0.3, 0.4) is 0 Å². The third-order valence-corrected chi connectivity index (χ3v) is 7.71. The van der Waals surface area contributed by atoms with Crippen LogP contribution in [0.4, 0.5) is 0 Å². The molecule has 0 aromatic heterocycles. The van der Waals surface area contributed by atoms with Gasteiger partial charge in [0.2, 0.25) is 0 Å². The van der Waals surface area contributed by atoms with Gasteiger partial charge in [0.1, 0.15) is 8.07 Å². The molecule has 3 atom stereocenters. The highest BCUT2D eigenvalue weighted by molar-refractivity contribution is 6.85. The standard InChI is InChI=1S/C15H26Si/c1-6-9-16(4,5)11-12-7-8-13-10-14(12)15(13,2)3/h12-14H,7-8,10-11H2,1-5H3/t12?,13-,14-/m0/s1. The largest absolute Gasteiger partial charge is 0.132 e. The summed E-state index contributed by atoms with van der Waals surface area (Å²) in [5, 5.41) is 0. The van der Waals surface area contributed by atoms with Crippen molar-refractivity contribution < 1.29 is 0 Å². The molecule has 0 aromatic rings. The van der Waals surface area contributed by atoms with E-state index in [9.17, 15) is 0 Å². The molecule has 3 rings (SSSR count). The molecule has 3 aliphatic carbocycles. The van der Waals surface area contributed by atoms with Crippen LogP contribution < -0.4 is 0 Å². The van der Waals surface area contributed by atoms with Crippen LogP contribution >= 0.6 is 0 Å². The maximum Gasteiger partial charge on any atom is 0.132 e. The minimum absolute atomic E-state index is 0.646. The van der Waals surface area contributed by atoms with Gasteiger partial charge in [0.25, 0.3) is 0 Å². The summed E-state index contributed by atoms with van der Waals surface area (Å²) in [7, 11) is -1.23. The Morgan fingerprint density at radius 3 is 2.44 bits per heavy atom. The third-order valence-electron chi connectivity index (χ3n) is 5.24. The molecule has 0 heterocycles. The van der Waals surface area contributed by atoms with E-state index in [0.29, 0.717) is 5.41 Å². The quantitative estimate of drug-likeness (QED) is 0.493. The smallest absolute Gasteiger partial charge is 0.132 e. The molecule has 0 aromatic carbocycles. The molecule has 90 valence electrons. The van der Waals surface area contributed by atoms with Gasteiger partial charge in [-0.25, -0.2) is 0 Å². The average molecular weight is 234 g/mol. The zero-order valence-electron chi connectivity index (χ0n) is 11.6. The fraction of sp³-hybridized carbons (Fsp3) is 0.867. The second-order valence-corrected chi connectivity index (χ2v) is 11.6. The Morgan fingerprint density at radius 2 is 1.94 bits per heavy atom. The Morgan fingerprint density at radius 1 is 1.25 bits per heavy atom. The van der Waals surface area contributed by atoms with Crippen molar-refractivity contribution in [2.24, 2.45) is 23.2 Å². The van der Waals surface area contributed by atoms with Crippen LogP contribution in [0, 0.1) is 34.6 Å². The van der Waals surface area contributed by atoms with Crippen LogP contribution in [-0.2, 0) is 0 Å². The van der Waals surface area contributed by atoms with E-state index in [-0.39, 0.29) is 0 Å². The van der Waals surface area contributed by atoms with Gasteiger partial charge in [0.05, 0.1) is 0 Å². The van der Waals surface area contributed by atoms with Crippen molar-refractivity contribution in [2.75, 3.05) is 0 Å². The molecule has 0 nitrogen and oxygen atoms in total. The van der Waals surface area contributed by atoms with E-state index in [1.54, 1.807) is 0 Å². The van der Waals surface area contributed by atoms with Gasteiger partial charge in [-0.15, -0.1) is 11.5 Å². The SMILES string of the molecule is CC#C[Si](C)(C)CC1CC[C@H]2C[C@@H]1C2(C)C. The van der Waals surface area contributed by atoms with Crippen LogP contribution in [0.2, 0.25) is 19.1 Å². The van der Waals surface area contributed by atoms with Gasteiger partial charge < -0.3 is 0 Å². The van der Waals surface area contributed by atoms with Crippen molar-refractivity contribution in [1.29, 1.82) is 0 Å². The van der Waals surface area contributed by atoms with E-state index < -0.39 is 8.07 Å². The number of fused-ring (bicyclic) bond motifs is 2. The van der Waals surface area contributed by atoms with Crippen molar-refractivity contribution >= 4 is 8.07 Å². The van der Waals surface area contributed by atoms with E-state index in [2.05, 4.69) is 38.4 Å². The highest BCUT2D eigenvalue weighted by Crippen LogP contribution is 2.62. The lowest BCUT2D eigenvalue weighted by molar-refractivity contribution is -0.0990. The lowest BCUT2D eigenvalue weighted by Gasteiger charge is -2.60. The summed E-state index contributed by atoms with van der Waals surface area (Å²) in [5.41, 5.74) is 4.17. The van der Waals surface area contributed by atoms with Gasteiger partial charge in [0.15, 0.2) is 0 Å². The minimum atomic E-state index is -1.23. The Hall–Kier alpha value is -0.223. The van der Waals surface area contributed by atoms with E-state index in [0.717, 1.165) is 17.8 Å². The molecule has 0 aliphatic heterocycles. The maximum absolute atomic E-state index is 3.52. The summed E-state index contributed by atoms with van der Waals surface area (Å²) >= 11 is 0. The Balaban J connectivity index is 2.03. The van der Waals surface area contributed by atoms with Gasteiger partial charge in [-0.3, -0.25) is 0 Å². The zero-order valence-corrected chi connectivity index (χ0v) is 12.6. The number of hydrogen-bond donors (Lipinski definition) is 0. The Kier molecular flexibility index (Phi) is 2.99. The van der Waals surface area contributed by atoms with Crippen LogP contribution in [-0.4, -0.2) is 8.07 Å². The average Bonchev–Trinajstić information content (AvgIpc) is 2.16. The highest BCUT2D eigenvalue weighted by atomic mass is 28.3. The Labute approximate surface area is 102 Å². The predicted octanol–water partition coefficient (Wildman–Crippen LogP) is 4.33. The van der Waals surface area contributed by atoms with E-state index in [1.165, 1.54) is 25.3 Å². The van der Waals surface area contributed by atoms with Crippen molar-refractivity contribution in [3.05, 3.63) is 0 Å². The monoisotopic (exact) mass is 234 g/mol. The second-order valence-electron chi connectivity index (χ2n) is 7.16. The number of hydrogen-bond acceptors (Lipinski definition) is 0. The topological polar surface area (TPSA) is 0 Å². The predicted molar refractivity (Wildman–Crippen MR) is 73.8 cm³/mol. The summed E-state index contributed by atoms with van der Waals surface area (Å²) in [4.78, 5) is 0. The molecule has 16 heavy (non-hydrogen) atoms. The lowest BCUT2D eigenvalue weighted by Crippen LogP contribution is -2.53. The first-order valence-corrected chi connectivity index (χ1v) is 10.0. The first-order valence-electron chi connectivity index (χ1n) is 6.81. The summed E-state index contributed by atoms with van der Waals surface area (Å²) in [5.74, 6) is 6.19. The minimum Gasteiger partial charge on any atom is -0.132 e. The maximum atomic E-state index is 3.52. The summed E-state index contributed by atoms with van der Waals surface area (Å²) < 4.78 is 0. The van der Waals surface area contributed by atoms with Crippen LogP contribution in [0.1, 0.15) is 40.0 Å². The van der Waals surface area contributed by atoms with Gasteiger partial charge >= 0.3 is 0 Å². The van der Waals surface area contributed by atoms with Gasteiger partial charge in [-0.2, -0.15) is 0 Å². The van der Waals surface area contributed by atoms with Crippen LogP contribution in [0.25, 0.3) is 0 Å². The van der Waals surface area contributed by atoms with Gasteiger partial charge in [-0.1, -0.05) is 33.4 Å². The first-order chi connectivity index (χ1) is 7.37. The first kappa shape index (κ1) is 12.2. The van der Waals surface area contributed by atoms with Crippen LogP contribution in [0.5, 0.6) is 0 Å².